The lowest BCUT2D eigenvalue weighted by Gasteiger charge is -2.36. The molecule has 1 saturated carbocycles. The molecule has 2 fully saturated rings. The molecular weight excluding hydrogens is 510 g/mol. The molecule has 1 aliphatic carbocycles. The van der Waals surface area contributed by atoms with Crippen LogP contribution in [0.3, 0.4) is 0 Å². The quantitative estimate of drug-likeness (QED) is 0.280. The number of ether oxygens (including phenoxy) is 1. The third-order valence-electron chi connectivity index (χ3n) is 8.22. The van der Waals surface area contributed by atoms with E-state index in [1.807, 2.05) is 44.9 Å². The second kappa shape index (κ2) is 12.0. The number of likely N-dealkylation sites (tertiary alicyclic amines) is 1. The van der Waals surface area contributed by atoms with E-state index in [1.165, 1.54) is 11.8 Å². The number of nitrogens with zero attached hydrogens (tertiary/aromatic N) is 3. The van der Waals surface area contributed by atoms with Crippen LogP contribution in [0.15, 0.2) is 36.4 Å². The number of benzene rings is 2. The summed E-state index contributed by atoms with van der Waals surface area (Å²) in [6.45, 7) is 6.94. The molecule has 1 saturated heterocycles. The van der Waals surface area contributed by atoms with Gasteiger partial charge in [-0.3, -0.25) is 0 Å². The molecule has 7 heteroatoms. The third-order valence-corrected chi connectivity index (χ3v) is 8.54. The first kappa shape index (κ1) is 29.0. The molecule has 6 nitrogen and oxygen atoms in total. The monoisotopic (exact) mass is 549 g/mol. The van der Waals surface area contributed by atoms with Gasteiger partial charge in [0.2, 0.25) is 0 Å². The van der Waals surface area contributed by atoms with Crippen LogP contribution in [-0.2, 0) is 14.9 Å². The van der Waals surface area contributed by atoms with E-state index >= 15 is 0 Å². The Hall–Kier alpha value is -3.04. The molecule has 0 atom stereocenters. The Morgan fingerprint density at radius 3 is 2.36 bits per heavy atom. The van der Waals surface area contributed by atoms with Crippen LogP contribution in [0.25, 0.3) is 0 Å². The molecule has 0 bridgehead atoms. The fraction of sp³-hybridized carbons (Fsp3) is 0.531. The zero-order chi connectivity index (χ0) is 28.2. The van der Waals surface area contributed by atoms with Gasteiger partial charge in [-0.2, -0.15) is 5.26 Å². The summed E-state index contributed by atoms with van der Waals surface area (Å²) in [7, 11) is 1.94. The molecule has 0 N–H and O–H groups in total. The van der Waals surface area contributed by atoms with Crippen molar-refractivity contribution in [1.29, 1.82) is 5.26 Å². The average molecular weight is 550 g/mol. The van der Waals surface area contributed by atoms with Crippen LogP contribution < -0.4 is 4.90 Å². The molecule has 0 unspecified atom stereocenters. The van der Waals surface area contributed by atoms with Crippen LogP contribution in [0, 0.1) is 11.3 Å². The van der Waals surface area contributed by atoms with Crippen molar-refractivity contribution in [2.75, 3.05) is 25.0 Å². The van der Waals surface area contributed by atoms with E-state index < -0.39 is 11.0 Å². The molecule has 0 radical (unpaired) electrons. The van der Waals surface area contributed by atoms with Gasteiger partial charge in [0.05, 0.1) is 21.7 Å². The van der Waals surface area contributed by atoms with E-state index in [4.69, 9.17) is 16.3 Å². The van der Waals surface area contributed by atoms with Gasteiger partial charge in [0.15, 0.2) is 0 Å². The van der Waals surface area contributed by atoms with Gasteiger partial charge in [-0.05, 0) is 81.7 Å². The van der Waals surface area contributed by atoms with Crippen molar-refractivity contribution in [1.82, 2.24) is 4.90 Å². The number of halogens is 1. The van der Waals surface area contributed by atoms with Crippen LogP contribution in [0.1, 0.15) is 94.7 Å². The summed E-state index contributed by atoms with van der Waals surface area (Å²) in [5, 5.41) is 10.2. The number of hydrogen-bond acceptors (Lipinski definition) is 5. The number of aldehydes is 1. The van der Waals surface area contributed by atoms with Crippen molar-refractivity contribution in [2.45, 2.75) is 89.1 Å². The maximum atomic E-state index is 12.9. The van der Waals surface area contributed by atoms with Gasteiger partial charge in [0, 0.05) is 25.8 Å². The lowest BCUT2D eigenvalue weighted by molar-refractivity contribution is -0.113. The lowest BCUT2D eigenvalue weighted by Crippen LogP contribution is -2.41. The van der Waals surface area contributed by atoms with Gasteiger partial charge in [-0.1, -0.05) is 55.5 Å². The van der Waals surface area contributed by atoms with Crippen LogP contribution >= 0.6 is 11.6 Å². The summed E-state index contributed by atoms with van der Waals surface area (Å²) < 4.78 is 5.58. The molecule has 0 aromatic heterocycles. The molecule has 1 amide bonds. The van der Waals surface area contributed by atoms with Gasteiger partial charge < -0.3 is 19.3 Å². The van der Waals surface area contributed by atoms with E-state index in [1.54, 1.807) is 11.0 Å². The highest BCUT2D eigenvalue weighted by molar-refractivity contribution is 6.32. The standard InChI is InChI=1S/C32H40ClN3O3/c1-31(2,3)39-30(38)36-18-14-23(15-19-36)24-12-13-29(35(4)28-11-9-10-27(33)25(28)21-34)26(20-24)32(22-37)16-7-5-6-8-17-32/h9-13,20,22-23H,5-8,14-19H2,1-4H3. The Labute approximate surface area is 237 Å². The van der Waals surface area contributed by atoms with Crippen LogP contribution in [0.2, 0.25) is 5.02 Å². The number of amides is 1. The van der Waals surface area contributed by atoms with Crippen LogP contribution in [0.5, 0.6) is 0 Å². The SMILES string of the molecule is CN(c1ccc(C2CCN(C(=O)OC(C)(C)C)CC2)cc1C1(C=O)CCCCCC1)c1cccc(Cl)c1C#N. The lowest BCUT2D eigenvalue weighted by atomic mass is 9.73. The summed E-state index contributed by atoms with van der Waals surface area (Å²) >= 11 is 6.38. The molecule has 1 aliphatic heterocycles. The Balaban J connectivity index is 1.70. The number of anilines is 2. The Kier molecular flexibility index (Phi) is 8.91. The molecule has 1 heterocycles. The zero-order valence-electron chi connectivity index (χ0n) is 23.6. The summed E-state index contributed by atoms with van der Waals surface area (Å²) in [5.74, 6) is 0.289. The first-order valence-electron chi connectivity index (χ1n) is 14.1. The maximum Gasteiger partial charge on any atom is 0.410 e. The highest BCUT2D eigenvalue weighted by Gasteiger charge is 2.37. The second-order valence-electron chi connectivity index (χ2n) is 12.0. The molecule has 39 heavy (non-hydrogen) atoms. The van der Waals surface area contributed by atoms with E-state index in [0.717, 1.165) is 68.3 Å². The topological polar surface area (TPSA) is 73.6 Å². The minimum Gasteiger partial charge on any atom is -0.444 e. The molecule has 208 valence electrons. The summed E-state index contributed by atoms with van der Waals surface area (Å²) in [6, 6.07) is 14.2. The van der Waals surface area contributed by atoms with Crippen molar-refractivity contribution < 1.29 is 14.3 Å². The molecule has 2 aromatic rings. The van der Waals surface area contributed by atoms with Crippen molar-refractivity contribution in [3.8, 4) is 6.07 Å². The predicted octanol–water partition coefficient (Wildman–Crippen LogP) is 7.88. The van der Waals surface area contributed by atoms with Crippen molar-refractivity contribution in [2.24, 2.45) is 0 Å². The van der Waals surface area contributed by atoms with E-state index in [2.05, 4.69) is 24.3 Å². The number of carbonyl (C=O) groups is 2. The predicted molar refractivity (Wildman–Crippen MR) is 156 cm³/mol. The summed E-state index contributed by atoms with van der Waals surface area (Å²) in [4.78, 5) is 29.3. The van der Waals surface area contributed by atoms with Crippen LogP contribution in [0.4, 0.5) is 16.2 Å². The summed E-state index contributed by atoms with van der Waals surface area (Å²) in [6.07, 6.45) is 8.53. The zero-order valence-corrected chi connectivity index (χ0v) is 24.4. The number of carbonyl (C=O) groups excluding carboxylic acids is 2. The normalized spacial score (nSPS) is 18.1. The largest absolute Gasteiger partial charge is 0.444 e. The molecule has 2 aromatic carbocycles. The molecule has 0 spiro atoms. The van der Waals surface area contributed by atoms with Gasteiger partial charge in [-0.25, -0.2) is 4.79 Å². The van der Waals surface area contributed by atoms with E-state index in [0.29, 0.717) is 23.7 Å². The highest BCUT2D eigenvalue weighted by Crippen LogP contribution is 2.45. The summed E-state index contributed by atoms with van der Waals surface area (Å²) in [5.41, 5.74) is 3.21. The average Bonchev–Trinajstić information content (AvgIpc) is 3.18. The maximum absolute atomic E-state index is 12.9. The first-order chi connectivity index (χ1) is 18.6. The third kappa shape index (κ3) is 6.41. The van der Waals surface area contributed by atoms with Crippen molar-refractivity contribution in [3.05, 3.63) is 58.1 Å². The molecular formula is C32H40ClN3O3. The minimum atomic E-state index is -0.571. The minimum absolute atomic E-state index is 0.258. The van der Waals surface area contributed by atoms with Gasteiger partial charge >= 0.3 is 6.09 Å². The number of hydrogen-bond donors (Lipinski definition) is 0. The molecule has 2 aliphatic rings. The Morgan fingerprint density at radius 1 is 1.10 bits per heavy atom. The molecule has 4 rings (SSSR count). The number of nitriles is 1. The number of piperidine rings is 1. The first-order valence-corrected chi connectivity index (χ1v) is 14.5. The second-order valence-corrected chi connectivity index (χ2v) is 12.4. The smallest absolute Gasteiger partial charge is 0.410 e. The number of rotatable bonds is 5. The fourth-order valence-corrected chi connectivity index (χ4v) is 6.28. The highest BCUT2D eigenvalue weighted by atomic mass is 35.5. The fourth-order valence-electron chi connectivity index (χ4n) is 6.06. The van der Waals surface area contributed by atoms with Crippen LogP contribution in [-0.4, -0.2) is 43.0 Å². The van der Waals surface area contributed by atoms with Gasteiger partial charge in [-0.15, -0.1) is 0 Å². The van der Waals surface area contributed by atoms with Gasteiger partial charge in [0.1, 0.15) is 18.0 Å². The van der Waals surface area contributed by atoms with Crippen molar-refractivity contribution >= 4 is 35.4 Å². The Morgan fingerprint density at radius 2 is 1.77 bits per heavy atom. The van der Waals surface area contributed by atoms with Gasteiger partial charge in [0.25, 0.3) is 0 Å². The van der Waals surface area contributed by atoms with E-state index in [9.17, 15) is 14.9 Å². The van der Waals surface area contributed by atoms with E-state index in [-0.39, 0.29) is 12.0 Å². The Bertz CT molecular complexity index is 1230. The van der Waals surface area contributed by atoms with Crippen molar-refractivity contribution in [3.63, 3.8) is 0 Å².